The topological polar surface area (TPSA) is 45.2 Å². The molecule has 3 rings (SSSR count). The molecule has 130 valence electrons. The summed E-state index contributed by atoms with van der Waals surface area (Å²) in [6.07, 6.45) is 2.19. The van der Waals surface area contributed by atoms with Gasteiger partial charge in [0.25, 0.3) is 5.91 Å². The minimum Gasteiger partial charge on any atom is -0.347 e. The van der Waals surface area contributed by atoms with Crippen LogP contribution in [0.1, 0.15) is 57.9 Å². The molecule has 1 aliphatic heterocycles. The zero-order chi connectivity index (χ0) is 17.1. The van der Waals surface area contributed by atoms with Gasteiger partial charge in [-0.15, -0.1) is 22.7 Å². The number of nitrogens with one attached hydrogen (secondary N) is 1. The van der Waals surface area contributed by atoms with Gasteiger partial charge in [-0.1, -0.05) is 19.9 Å². The maximum atomic E-state index is 12.6. The number of aromatic nitrogens is 1. The molecule has 4 nitrogen and oxygen atoms in total. The Kier molecular flexibility index (Phi) is 5.69. The standard InChI is InChI=1S/C18H25N3OS2/c1-12(2)18-19-13(3)16(24-18)17(22)20-14-6-4-8-21(10-14)11-15-7-5-9-23-15/h5,7,9,12,14H,4,6,8,10-11H2,1-3H3,(H,20,22)/t14-/m1/s1. The van der Waals surface area contributed by atoms with Gasteiger partial charge in [0.2, 0.25) is 0 Å². The molecular weight excluding hydrogens is 338 g/mol. The lowest BCUT2D eigenvalue weighted by molar-refractivity contribution is 0.0904. The highest BCUT2D eigenvalue weighted by Crippen LogP contribution is 2.25. The van der Waals surface area contributed by atoms with Crippen LogP contribution in [0.5, 0.6) is 0 Å². The fourth-order valence-corrected chi connectivity index (χ4v) is 4.78. The predicted octanol–water partition coefficient (Wildman–Crippen LogP) is 4.03. The van der Waals surface area contributed by atoms with E-state index in [0.29, 0.717) is 5.92 Å². The zero-order valence-corrected chi connectivity index (χ0v) is 16.2. The van der Waals surface area contributed by atoms with Gasteiger partial charge in [0, 0.05) is 29.9 Å². The summed E-state index contributed by atoms with van der Waals surface area (Å²) >= 11 is 3.33. The van der Waals surface area contributed by atoms with Crippen LogP contribution in [0.4, 0.5) is 0 Å². The molecule has 1 saturated heterocycles. The third-order valence-corrected chi connectivity index (χ3v) is 6.63. The Morgan fingerprint density at radius 2 is 2.33 bits per heavy atom. The van der Waals surface area contributed by atoms with Crippen molar-refractivity contribution in [3.8, 4) is 0 Å². The zero-order valence-electron chi connectivity index (χ0n) is 14.5. The normalized spacial score (nSPS) is 18.9. The first-order chi connectivity index (χ1) is 11.5. The molecule has 0 bridgehead atoms. The molecule has 2 aromatic heterocycles. The first kappa shape index (κ1) is 17.6. The Morgan fingerprint density at radius 3 is 3.00 bits per heavy atom. The molecule has 6 heteroatoms. The van der Waals surface area contributed by atoms with Gasteiger partial charge in [-0.25, -0.2) is 4.98 Å². The number of aryl methyl sites for hydroxylation is 1. The lowest BCUT2D eigenvalue weighted by Gasteiger charge is -2.32. The number of thiazole rings is 1. The third kappa shape index (κ3) is 4.23. The van der Waals surface area contributed by atoms with Crippen LogP contribution < -0.4 is 5.32 Å². The number of likely N-dealkylation sites (tertiary alicyclic amines) is 1. The summed E-state index contributed by atoms with van der Waals surface area (Å²) in [5, 5.41) is 6.40. The van der Waals surface area contributed by atoms with Crippen molar-refractivity contribution in [3.63, 3.8) is 0 Å². The fourth-order valence-electron chi connectivity index (χ4n) is 3.07. The quantitative estimate of drug-likeness (QED) is 0.872. The summed E-state index contributed by atoms with van der Waals surface area (Å²) in [7, 11) is 0. The van der Waals surface area contributed by atoms with Crippen molar-refractivity contribution in [1.29, 1.82) is 0 Å². The van der Waals surface area contributed by atoms with Crippen molar-refractivity contribution in [2.45, 2.75) is 52.1 Å². The van der Waals surface area contributed by atoms with Crippen molar-refractivity contribution in [3.05, 3.63) is 38.0 Å². The van der Waals surface area contributed by atoms with Crippen LogP contribution in [0.2, 0.25) is 0 Å². The van der Waals surface area contributed by atoms with Gasteiger partial charge in [-0.2, -0.15) is 0 Å². The van der Waals surface area contributed by atoms with E-state index in [1.54, 1.807) is 11.3 Å². The van der Waals surface area contributed by atoms with Crippen molar-refractivity contribution >= 4 is 28.6 Å². The van der Waals surface area contributed by atoms with E-state index >= 15 is 0 Å². The Hall–Kier alpha value is -1.24. The molecule has 0 saturated carbocycles. The number of hydrogen-bond acceptors (Lipinski definition) is 5. The third-order valence-electron chi connectivity index (χ3n) is 4.31. The second kappa shape index (κ2) is 7.76. The lowest BCUT2D eigenvalue weighted by atomic mass is 10.1. The van der Waals surface area contributed by atoms with Crippen LogP contribution >= 0.6 is 22.7 Å². The van der Waals surface area contributed by atoms with E-state index in [-0.39, 0.29) is 11.9 Å². The van der Waals surface area contributed by atoms with E-state index in [9.17, 15) is 4.79 Å². The van der Waals surface area contributed by atoms with E-state index < -0.39 is 0 Å². The van der Waals surface area contributed by atoms with Crippen molar-refractivity contribution < 1.29 is 4.79 Å². The van der Waals surface area contributed by atoms with Crippen LogP contribution in [-0.2, 0) is 6.54 Å². The molecule has 1 amide bonds. The van der Waals surface area contributed by atoms with Crippen LogP contribution in [-0.4, -0.2) is 34.9 Å². The molecule has 0 aliphatic carbocycles. The molecule has 24 heavy (non-hydrogen) atoms. The van der Waals surface area contributed by atoms with Gasteiger partial charge in [-0.05, 0) is 37.8 Å². The Bertz CT molecular complexity index is 679. The van der Waals surface area contributed by atoms with Crippen molar-refractivity contribution in [2.24, 2.45) is 0 Å². The van der Waals surface area contributed by atoms with Gasteiger partial charge in [-0.3, -0.25) is 9.69 Å². The molecule has 1 N–H and O–H groups in total. The number of nitrogens with zero attached hydrogens (tertiary/aromatic N) is 2. The average molecular weight is 364 g/mol. The van der Waals surface area contributed by atoms with Crippen LogP contribution in [0.15, 0.2) is 17.5 Å². The number of carbonyl (C=O) groups is 1. The Morgan fingerprint density at radius 1 is 1.50 bits per heavy atom. The van der Waals surface area contributed by atoms with Gasteiger partial charge in [0.1, 0.15) is 4.88 Å². The largest absolute Gasteiger partial charge is 0.347 e. The smallest absolute Gasteiger partial charge is 0.263 e. The fraction of sp³-hybridized carbons (Fsp3) is 0.556. The Balaban J connectivity index is 1.59. The summed E-state index contributed by atoms with van der Waals surface area (Å²) in [4.78, 5) is 21.8. The first-order valence-corrected chi connectivity index (χ1v) is 10.3. The summed E-state index contributed by atoms with van der Waals surface area (Å²) < 4.78 is 0. The number of thiophene rings is 1. The second-order valence-corrected chi connectivity index (χ2v) is 8.81. The predicted molar refractivity (Wildman–Crippen MR) is 101 cm³/mol. The van der Waals surface area contributed by atoms with E-state index in [2.05, 4.69) is 46.6 Å². The summed E-state index contributed by atoms with van der Waals surface area (Å²) in [5.41, 5.74) is 0.854. The average Bonchev–Trinajstić information content (AvgIpc) is 3.17. The van der Waals surface area contributed by atoms with Crippen LogP contribution in [0.3, 0.4) is 0 Å². The van der Waals surface area contributed by atoms with E-state index in [1.165, 1.54) is 16.2 Å². The van der Waals surface area contributed by atoms with Crippen molar-refractivity contribution in [2.75, 3.05) is 13.1 Å². The maximum Gasteiger partial charge on any atom is 0.263 e. The van der Waals surface area contributed by atoms with Gasteiger partial charge in [0.05, 0.1) is 10.7 Å². The van der Waals surface area contributed by atoms with Crippen molar-refractivity contribution in [1.82, 2.24) is 15.2 Å². The number of hydrogen-bond donors (Lipinski definition) is 1. The highest BCUT2D eigenvalue weighted by atomic mass is 32.1. The highest BCUT2D eigenvalue weighted by molar-refractivity contribution is 7.13. The second-order valence-electron chi connectivity index (χ2n) is 6.75. The van der Waals surface area contributed by atoms with Gasteiger partial charge < -0.3 is 5.32 Å². The molecule has 0 aromatic carbocycles. The Labute approximate surface area is 151 Å². The number of amides is 1. The minimum atomic E-state index is 0.0415. The molecule has 3 heterocycles. The molecule has 1 aliphatic rings. The summed E-state index contributed by atoms with van der Waals surface area (Å²) in [6, 6.07) is 4.51. The molecular formula is C18H25N3OS2. The summed E-state index contributed by atoms with van der Waals surface area (Å²) in [5.74, 6) is 0.408. The van der Waals surface area contributed by atoms with Crippen LogP contribution in [0, 0.1) is 6.92 Å². The van der Waals surface area contributed by atoms with E-state index in [0.717, 1.165) is 48.1 Å². The van der Waals surface area contributed by atoms with Crippen LogP contribution in [0.25, 0.3) is 0 Å². The van der Waals surface area contributed by atoms with E-state index in [4.69, 9.17) is 0 Å². The number of carbonyl (C=O) groups excluding carboxylic acids is 1. The number of rotatable bonds is 5. The maximum absolute atomic E-state index is 12.6. The number of piperidine rings is 1. The molecule has 1 fully saturated rings. The lowest BCUT2D eigenvalue weighted by Crippen LogP contribution is -2.47. The van der Waals surface area contributed by atoms with Gasteiger partial charge >= 0.3 is 0 Å². The SMILES string of the molecule is Cc1nc(C(C)C)sc1C(=O)N[C@@H]1CCCN(Cc2cccs2)C1. The van der Waals surface area contributed by atoms with Gasteiger partial charge in [0.15, 0.2) is 0 Å². The molecule has 2 aromatic rings. The monoisotopic (exact) mass is 363 g/mol. The molecule has 1 atom stereocenters. The first-order valence-electron chi connectivity index (χ1n) is 8.56. The highest BCUT2D eigenvalue weighted by Gasteiger charge is 2.24. The molecule has 0 radical (unpaired) electrons. The summed E-state index contributed by atoms with van der Waals surface area (Å²) in [6.45, 7) is 9.19. The molecule has 0 unspecified atom stereocenters. The minimum absolute atomic E-state index is 0.0415. The molecule has 0 spiro atoms. The van der Waals surface area contributed by atoms with E-state index in [1.807, 2.05) is 6.92 Å².